The molecule has 0 bridgehead atoms. The van der Waals surface area contributed by atoms with E-state index in [-0.39, 0.29) is 0 Å². The molecule has 1 aromatic carbocycles. The summed E-state index contributed by atoms with van der Waals surface area (Å²) in [5, 5.41) is 10.4. The van der Waals surface area contributed by atoms with E-state index in [0.29, 0.717) is 10.6 Å². The molecule has 0 aliphatic heterocycles. The van der Waals surface area contributed by atoms with Gasteiger partial charge in [-0.3, -0.25) is 0 Å². The molecule has 0 spiro atoms. The normalized spacial score (nSPS) is 17.8. The van der Waals surface area contributed by atoms with Gasteiger partial charge >= 0.3 is 0 Å². The van der Waals surface area contributed by atoms with Gasteiger partial charge in [-0.15, -0.1) is 0 Å². The van der Waals surface area contributed by atoms with E-state index < -0.39 is 18.2 Å². The van der Waals surface area contributed by atoms with E-state index in [2.05, 4.69) is 0 Å². The smallest absolute Gasteiger partial charge is 0.224 e. The van der Waals surface area contributed by atoms with Gasteiger partial charge in [-0.05, 0) is 40.3 Å². The molecule has 0 aliphatic carbocycles. The molecule has 0 heterocycles. The van der Waals surface area contributed by atoms with E-state index in [1.807, 2.05) is 0 Å². The first-order valence-electron chi connectivity index (χ1n) is 4.17. The van der Waals surface area contributed by atoms with Crippen LogP contribution in [0, 0.1) is 0 Å². The molecule has 0 unspecified atom stereocenters. The Bertz CT molecular complexity index is 470. The molecule has 16 heavy (non-hydrogen) atoms. The highest BCUT2D eigenvalue weighted by Crippen LogP contribution is 2.42. The van der Waals surface area contributed by atoms with Crippen LogP contribution in [-0.2, 0) is 9.84 Å². The standard InChI is InChI=1S/C9H9Cl2IO3S/c1-16(14,15)9(11,12)8(13)6-2-4-7(10)5-3-6/h2-5,8,13H,1H3/t8-,9-/m1/s1. The van der Waals surface area contributed by atoms with Gasteiger partial charge in [0.25, 0.3) is 0 Å². The van der Waals surface area contributed by atoms with E-state index in [0.717, 1.165) is 6.26 Å². The fourth-order valence-corrected chi connectivity index (χ4v) is 2.20. The second-order valence-corrected chi connectivity index (χ2v) is 9.80. The van der Waals surface area contributed by atoms with Crippen molar-refractivity contribution in [3.05, 3.63) is 34.9 Å². The lowest BCUT2D eigenvalue weighted by Crippen LogP contribution is -2.31. The molecule has 0 aliphatic rings. The van der Waals surface area contributed by atoms with Crippen LogP contribution in [0.5, 0.6) is 0 Å². The summed E-state index contributed by atoms with van der Waals surface area (Å²) < 4.78 is 21.0. The molecule has 1 aromatic rings. The zero-order chi connectivity index (χ0) is 12.6. The van der Waals surface area contributed by atoms with Crippen LogP contribution in [0.2, 0.25) is 5.02 Å². The van der Waals surface area contributed by atoms with E-state index in [1.165, 1.54) is 34.7 Å². The molecule has 1 N–H and O–H groups in total. The lowest BCUT2D eigenvalue weighted by Gasteiger charge is -2.24. The molecule has 2 atom stereocenters. The van der Waals surface area contributed by atoms with Gasteiger partial charge < -0.3 is 5.11 Å². The van der Waals surface area contributed by atoms with E-state index in [4.69, 9.17) is 23.2 Å². The minimum atomic E-state index is -3.59. The van der Waals surface area contributed by atoms with Crippen LogP contribution in [0.15, 0.2) is 24.3 Å². The summed E-state index contributed by atoms with van der Waals surface area (Å²) in [7, 11) is -3.59. The van der Waals surface area contributed by atoms with Crippen molar-refractivity contribution in [2.75, 3.05) is 6.26 Å². The molecule has 90 valence electrons. The average Bonchev–Trinajstić information content (AvgIpc) is 2.16. The van der Waals surface area contributed by atoms with Crippen molar-refractivity contribution >= 4 is 55.6 Å². The van der Waals surface area contributed by atoms with Crippen molar-refractivity contribution in [2.24, 2.45) is 0 Å². The molecule has 0 aromatic heterocycles. The van der Waals surface area contributed by atoms with Crippen molar-refractivity contribution in [3.63, 3.8) is 0 Å². The summed E-state index contributed by atoms with van der Waals surface area (Å²) in [4.78, 5) is 0. The first-order valence-corrected chi connectivity index (χ1v) is 7.90. The molecular weight excluding hydrogens is 386 g/mol. The summed E-state index contributed by atoms with van der Waals surface area (Å²) in [6, 6.07) is 6.19. The van der Waals surface area contributed by atoms with Gasteiger partial charge in [0.1, 0.15) is 6.10 Å². The number of aliphatic hydroxyl groups is 1. The van der Waals surface area contributed by atoms with Crippen LogP contribution in [0.3, 0.4) is 0 Å². The van der Waals surface area contributed by atoms with Crippen LogP contribution in [0.25, 0.3) is 0 Å². The molecule has 7 heteroatoms. The molecule has 0 fully saturated rings. The van der Waals surface area contributed by atoms with Gasteiger partial charge in [-0.1, -0.05) is 35.3 Å². The number of aliphatic hydroxyl groups excluding tert-OH is 1. The van der Waals surface area contributed by atoms with Crippen LogP contribution in [0.1, 0.15) is 11.7 Å². The van der Waals surface area contributed by atoms with Crippen LogP contribution in [0.4, 0.5) is 0 Å². The Balaban J connectivity index is 3.12. The topological polar surface area (TPSA) is 54.4 Å². The third-order valence-electron chi connectivity index (χ3n) is 2.00. The number of rotatable bonds is 3. The maximum Gasteiger partial charge on any atom is 0.224 e. The molecule has 3 nitrogen and oxygen atoms in total. The third-order valence-corrected chi connectivity index (χ3v) is 7.50. The van der Waals surface area contributed by atoms with Crippen LogP contribution in [-0.4, -0.2) is 22.0 Å². The predicted octanol–water partition coefficient (Wildman–Crippen LogP) is 2.75. The Morgan fingerprint density at radius 1 is 1.38 bits per heavy atom. The summed E-state index contributed by atoms with van der Waals surface area (Å²) in [6.07, 6.45) is -0.340. The van der Waals surface area contributed by atoms with Crippen molar-refractivity contribution in [3.8, 4) is 0 Å². The molecule has 0 amide bonds. The van der Waals surface area contributed by atoms with Gasteiger partial charge in [0.15, 0.2) is 9.84 Å². The zero-order valence-corrected chi connectivity index (χ0v) is 12.7. The quantitative estimate of drug-likeness (QED) is 0.633. The SMILES string of the molecule is CS(=O)(=O)[C@](Cl)(I)[C@H](O)c1ccc(Cl)cc1. The minimum absolute atomic E-state index is 0.402. The Kier molecular flexibility index (Phi) is 4.51. The molecule has 0 saturated carbocycles. The molecule has 0 radical (unpaired) electrons. The number of hydrogen-bond acceptors (Lipinski definition) is 3. The first-order chi connectivity index (χ1) is 7.16. The second-order valence-electron chi connectivity index (χ2n) is 3.29. The van der Waals surface area contributed by atoms with Crippen LogP contribution >= 0.6 is 45.8 Å². The lowest BCUT2D eigenvalue weighted by atomic mass is 10.1. The lowest BCUT2D eigenvalue weighted by molar-refractivity contribution is 0.188. The number of alkyl halides is 2. The number of halogens is 3. The van der Waals surface area contributed by atoms with Gasteiger partial charge in [-0.25, -0.2) is 8.42 Å². The molecule has 1 rings (SSSR count). The van der Waals surface area contributed by atoms with Crippen molar-refractivity contribution in [2.45, 2.75) is 8.32 Å². The summed E-state index contributed by atoms with van der Waals surface area (Å²) in [5.41, 5.74) is 0.402. The fourth-order valence-electron chi connectivity index (χ4n) is 1.04. The maximum atomic E-state index is 11.4. The Hall–Kier alpha value is 0.440. The van der Waals surface area contributed by atoms with Crippen molar-refractivity contribution in [1.82, 2.24) is 0 Å². The molecule has 0 saturated heterocycles. The van der Waals surface area contributed by atoms with Gasteiger partial charge in [0, 0.05) is 11.3 Å². The Morgan fingerprint density at radius 2 is 1.81 bits per heavy atom. The van der Waals surface area contributed by atoms with E-state index in [9.17, 15) is 13.5 Å². The fraction of sp³-hybridized carbons (Fsp3) is 0.333. The van der Waals surface area contributed by atoms with Gasteiger partial charge in [-0.2, -0.15) is 0 Å². The predicted molar refractivity (Wildman–Crippen MR) is 73.9 cm³/mol. The largest absolute Gasteiger partial charge is 0.385 e. The van der Waals surface area contributed by atoms with Gasteiger partial charge in [0.2, 0.25) is 2.21 Å². The number of sulfone groups is 1. The van der Waals surface area contributed by atoms with Crippen LogP contribution < -0.4 is 0 Å². The highest BCUT2D eigenvalue weighted by Gasteiger charge is 2.43. The highest BCUT2D eigenvalue weighted by molar-refractivity contribution is 14.1. The van der Waals surface area contributed by atoms with Crippen molar-refractivity contribution < 1.29 is 13.5 Å². The third kappa shape index (κ3) is 3.01. The average molecular weight is 395 g/mol. The van der Waals surface area contributed by atoms with E-state index in [1.54, 1.807) is 12.1 Å². The number of hydrogen-bond donors (Lipinski definition) is 1. The zero-order valence-electron chi connectivity index (χ0n) is 8.19. The molecular formula is C9H9Cl2IO3S. The Labute approximate surface area is 118 Å². The minimum Gasteiger partial charge on any atom is -0.385 e. The highest BCUT2D eigenvalue weighted by atomic mass is 127. The maximum absolute atomic E-state index is 11.4. The van der Waals surface area contributed by atoms with Gasteiger partial charge in [0.05, 0.1) is 0 Å². The second kappa shape index (κ2) is 4.97. The summed E-state index contributed by atoms with van der Waals surface area (Å²) in [5.74, 6) is 0. The Morgan fingerprint density at radius 3 is 2.19 bits per heavy atom. The summed E-state index contributed by atoms with van der Waals surface area (Å²) in [6.45, 7) is 0. The first kappa shape index (κ1) is 14.5. The monoisotopic (exact) mass is 394 g/mol. The summed E-state index contributed by atoms with van der Waals surface area (Å²) >= 11 is 13.1. The van der Waals surface area contributed by atoms with Crippen molar-refractivity contribution in [1.29, 1.82) is 0 Å². The van der Waals surface area contributed by atoms with E-state index >= 15 is 0 Å². The number of benzene rings is 1.